The van der Waals surface area contributed by atoms with Crippen molar-refractivity contribution in [3.05, 3.63) is 46.3 Å². The summed E-state index contributed by atoms with van der Waals surface area (Å²) in [4.78, 5) is 12.5. The van der Waals surface area contributed by atoms with Crippen LogP contribution in [-0.4, -0.2) is 22.6 Å². The first-order valence-electron chi connectivity index (χ1n) is 7.92. The fraction of sp³-hybridized carbons (Fsp3) is 0.412. The van der Waals surface area contributed by atoms with Gasteiger partial charge in [-0.1, -0.05) is 19.9 Å². The topological polar surface area (TPSA) is 69.8 Å². The Morgan fingerprint density at radius 2 is 2.04 bits per heavy atom. The number of rotatable bonds is 4. The van der Waals surface area contributed by atoms with E-state index in [1.54, 1.807) is 0 Å². The van der Waals surface area contributed by atoms with Crippen LogP contribution in [0.15, 0.2) is 18.2 Å². The van der Waals surface area contributed by atoms with Gasteiger partial charge in [-0.05, 0) is 36.1 Å². The first-order valence-corrected chi connectivity index (χ1v) is 7.92. The number of carbonyl (C=O) groups excluding carboxylic acids is 1. The van der Waals surface area contributed by atoms with Gasteiger partial charge in [-0.2, -0.15) is 5.10 Å². The molecule has 0 radical (unpaired) electrons. The van der Waals surface area contributed by atoms with E-state index in [1.165, 1.54) is 11.1 Å². The number of hydrogen-bond donors (Lipinski definition) is 3. The molecule has 5 nitrogen and oxygen atoms in total. The van der Waals surface area contributed by atoms with Crippen LogP contribution < -0.4 is 10.6 Å². The lowest BCUT2D eigenvalue weighted by Crippen LogP contribution is -2.25. The second-order valence-electron chi connectivity index (χ2n) is 5.60. The fourth-order valence-corrected chi connectivity index (χ4v) is 2.98. The molecule has 0 spiro atoms. The number of carbonyl (C=O) groups is 1. The average molecular weight is 335 g/mol. The molecule has 2 aromatic rings. The van der Waals surface area contributed by atoms with Gasteiger partial charge in [0.15, 0.2) is 5.69 Å². The maximum Gasteiger partial charge on any atom is 0.276 e. The molecule has 3 rings (SSSR count). The third-order valence-electron chi connectivity index (χ3n) is 4.25. The van der Waals surface area contributed by atoms with Crippen LogP contribution in [0.3, 0.4) is 0 Å². The second-order valence-corrected chi connectivity index (χ2v) is 5.60. The van der Waals surface area contributed by atoms with Crippen molar-refractivity contribution in [2.24, 2.45) is 0 Å². The highest BCUT2D eigenvalue weighted by Crippen LogP contribution is 2.20. The first-order chi connectivity index (χ1) is 10.7. The number of H-pyrrole nitrogens is 1. The van der Waals surface area contributed by atoms with Crippen molar-refractivity contribution >= 4 is 24.0 Å². The van der Waals surface area contributed by atoms with Crippen molar-refractivity contribution in [2.75, 3.05) is 11.9 Å². The molecule has 124 valence electrons. The summed E-state index contributed by atoms with van der Waals surface area (Å²) in [6, 6.07) is 6.12. The smallest absolute Gasteiger partial charge is 0.276 e. The van der Waals surface area contributed by atoms with Crippen molar-refractivity contribution in [2.45, 2.75) is 39.7 Å². The van der Waals surface area contributed by atoms with Gasteiger partial charge in [0.05, 0.1) is 0 Å². The van der Waals surface area contributed by atoms with E-state index in [0.717, 1.165) is 42.8 Å². The number of anilines is 1. The lowest BCUT2D eigenvalue weighted by atomic mass is 10.0. The zero-order valence-corrected chi connectivity index (χ0v) is 14.3. The Labute approximate surface area is 142 Å². The van der Waals surface area contributed by atoms with E-state index < -0.39 is 0 Å². The number of nitrogens with one attached hydrogen (secondary N) is 3. The molecule has 2 heterocycles. The van der Waals surface area contributed by atoms with Crippen molar-refractivity contribution < 1.29 is 4.79 Å². The number of amides is 1. The van der Waals surface area contributed by atoms with Gasteiger partial charge in [0, 0.05) is 36.5 Å². The highest BCUT2D eigenvalue weighted by atomic mass is 35.5. The lowest BCUT2D eigenvalue weighted by Gasteiger charge is -2.13. The Kier molecular flexibility index (Phi) is 5.80. The molecule has 1 amide bonds. The van der Waals surface area contributed by atoms with Crippen molar-refractivity contribution in [1.82, 2.24) is 15.5 Å². The van der Waals surface area contributed by atoms with Gasteiger partial charge in [0.1, 0.15) is 0 Å². The van der Waals surface area contributed by atoms with Gasteiger partial charge in [0.25, 0.3) is 5.91 Å². The Morgan fingerprint density at radius 1 is 1.26 bits per heavy atom. The average Bonchev–Trinajstić information content (AvgIpc) is 2.98. The largest absolute Gasteiger partial charge is 0.321 e. The van der Waals surface area contributed by atoms with E-state index in [9.17, 15) is 4.79 Å². The number of nitrogens with zero attached hydrogens (tertiary/aromatic N) is 1. The quantitative estimate of drug-likeness (QED) is 0.805. The molecule has 0 unspecified atom stereocenters. The maximum absolute atomic E-state index is 12.5. The van der Waals surface area contributed by atoms with E-state index in [0.29, 0.717) is 12.2 Å². The molecule has 23 heavy (non-hydrogen) atoms. The van der Waals surface area contributed by atoms with Crippen molar-refractivity contribution in [3.63, 3.8) is 0 Å². The van der Waals surface area contributed by atoms with Crippen LogP contribution in [0.2, 0.25) is 0 Å². The van der Waals surface area contributed by atoms with Crippen LogP contribution in [0.5, 0.6) is 0 Å². The molecule has 0 bridgehead atoms. The van der Waals surface area contributed by atoms with Gasteiger partial charge >= 0.3 is 0 Å². The molecule has 0 atom stereocenters. The van der Waals surface area contributed by atoms with Crippen LogP contribution in [0.4, 0.5) is 5.69 Å². The minimum Gasteiger partial charge on any atom is -0.321 e. The fourth-order valence-electron chi connectivity index (χ4n) is 2.98. The van der Waals surface area contributed by atoms with E-state index >= 15 is 0 Å². The van der Waals surface area contributed by atoms with Crippen LogP contribution >= 0.6 is 12.4 Å². The zero-order chi connectivity index (χ0) is 15.5. The number of aromatic amines is 1. The molecule has 3 N–H and O–H groups in total. The Balaban J connectivity index is 0.00000192. The minimum absolute atomic E-state index is 0. The van der Waals surface area contributed by atoms with Crippen molar-refractivity contribution in [1.29, 1.82) is 0 Å². The third kappa shape index (κ3) is 3.57. The summed E-state index contributed by atoms with van der Waals surface area (Å²) in [5.41, 5.74) is 6.01. The Morgan fingerprint density at radius 3 is 2.78 bits per heavy atom. The number of benzene rings is 1. The Hall–Kier alpha value is -1.85. The highest BCUT2D eigenvalue weighted by Gasteiger charge is 2.21. The van der Waals surface area contributed by atoms with Gasteiger partial charge < -0.3 is 10.6 Å². The van der Waals surface area contributed by atoms with Crippen LogP contribution in [0.1, 0.15) is 46.7 Å². The molecule has 0 aliphatic carbocycles. The summed E-state index contributed by atoms with van der Waals surface area (Å²) < 4.78 is 0. The molecule has 1 aliphatic rings. The molecule has 1 aliphatic heterocycles. The standard InChI is InChI=1S/C17H22N4O.ClH/c1-3-11-5-6-13(9-12(11)4-2)19-17(22)16-14-10-18-8-7-15(14)20-21-16;/h5-6,9,18H,3-4,7-8,10H2,1-2H3,(H,19,22)(H,20,21);1H. The van der Waals surface area contributed by atoms with E-state index in [1.807, 2.05) is 6.07 Å². The zero-order valence-electron chi connectivity index (χ0n) is 13.5. The summed E-state index contributed by atoms with van der Waals surface area (Å²) in [6.07, 6.45) is 2.87. The summed E-state index contributed by atoms with van der Waals surface area (Å²) in [5, 5.41) is 13.4. The van der Waals surface area contributed by atoms with E-state index in [-0.39, 0.29) is 18.3 Å². The second kappa shape index (κ2) is 7.62. The maximum atomic E-state index is 12.5. The molecular weight excluding hydrogens is 312 g/mol. The monoisotopic (exact) mass is 334 g/mol. The number of fused-ring (bicyclic) bond motifs is 1. The van der Waals surface area contributed by atoms with Gasteiger partial charge in [-0.25, -0.2) is 0 Å². The predicted molar refractivity (Wildman–Crippen MR) is 94.4 cm³/mol. The van der Waals surface area contributed by atoms with Crippen LogP contribution in [0.25, 0.3) is 0 Å². The number of aryl methyl sites for hydroxylation is 2. The molecular formula is C17H23ClN4O. The summed E-state index contributed by atoms with van der Waals surface area (Å²) in [7, 11) is 0. The normalized spacial score (nSPS) is 13.1. The molecule has 0 fully saturated rings. The van der Waals surface area contributed by atoms with Crippen LogP contribution in [-0.2, 0) is 25.8 Å². The molecule has 0 saturated carbocycles. The van der Waals surface area contributed by atoms with E-state index in [2.05, 4.69) is 46.8 Å². The lowest BCUT2D eigenvalue weighted by molar-refractivity contribution is 0.102. The predicted octanol–water partition coefficient (Wildman–Crippen LogP) is 2.85. The SMILES string of the molecule is CCc1ccc(NC(=O)c2n[nH]c3c2CNCC3)cc1CC.Cl. The molecule has 1 aromatic carbocycles. The van der Waals surface area contributed by atoms with Gasteiger partial charge in [-0.3, -0.25) is 9.89 Å². The Bertz CT molecular complexity index is 696. The minimum atomic E-state index is -0.146. The molecule has 1 aromatic heterocycles. The molecule has 0 saturated heterocycles. The summed E-state index contributed by atoms with van der Waals surface area (Å²) >= 11 is 0. The number of aromatic nitrogens is 2. The summed E-state index contributed by atoms with van der Waals surface area (Å²) in [6.45, 7) is 5.91. The van der Waals surface area contributed by atoms with Crippen LogP contribution in [0, 0.1) is 0 Å². The highest BCUT2D eigenvalue weighted by molar-refractivity contribution is 6.04. The number of halogens is 1. The van der Waals surface area contributed by atoms with E-state index in [4.69, 9.17) is 0 Å². The summed E-state index contributed by atoms with van der Waals surface area (Å²) in [5.74, 6) is -0.146. The number of hydrogen-bond acceptors (Lipinski definition) is 3. The molecule has 6 heteroatoms. The van der Waals surface area contributed by atoms with Gasteiger partial charge in [0.2, 0.25) is 0 Å². The van der Waals surface area contributed by atoms with Crippen molar-refractivity contribution in [3.8, 4) is 0 Å². The van der Waals surface area contributed by atoms with Gasteiger partial charge in [-0.15, -0.1) is 12.4 Å². The first kappa shape index (κ1) is 17.5. The third-order valence-corrected chi connectivity index (χ3v) is 4.25.